The van der Waals surface area contributed by atoms with Gasteiger partial charge in [-0.3, -0.25) is 14.7 Å². The Hall–Kier alpha value is -4.71. The fourth-order valence-electron chi connectivity index (χ4n) is 6.85. The molecule has 8 atom stereocenters. The van der Waals surface area contributed by atoms with Gasteiger partial charge in [0.05, 0.1) is 44.2 Å². The SMILES string of the molecule is COc1ccc2c(c1OCCO)O[C@@H]1c3c(C[NH+]4C=C5C=CN=C5C4)cc(O[C@H]4O[C@H](COC(=O)CC(=O)[O-])[C@@H](O)[C@H](O)[C@H]4O)cc3OC[C@@H]21. The lowest BCUT2D eigenvalue weighted by atomic mass is 9.86. The summed E-state index contributed by atoms with van der Waals surface area (Å²) in [6.07, 6.45) is -3.70. The van der Waals surface area contributed by atoms with Crippen molar-refractivity contribution in [2.45, 2.75) is 55.7 Å². The quantitative estimate of drug-likeness (QED) is 0.118. The minimum Gasteiger partial charge on any atom is -0.550 e. The number of carboxylic acids is 1. The van der Waals surface area contributed by atoms with E-state index in [4.69, 9.17) is 33.2 Å². The first-order valence-electron chi connectivity index (χ1n) is 16.1. The molecule has 16 heteroatoms. The first kappa shape index (κ1) is 33.8. The zero-order valence-corrected chi connectivity index (χ0v) is 26.9. The van der Waals surface area contributed by atoms with Gasteiger partial charge < -0.3 is 63.5 Å². The number of carboxylic acid groups (broad SMARTS) is 1. The number of carbonyl (C=O) groups is 2. The molecule has 5 N–H and O–H groups in total. The maximum Gasteiger partial charge on any atom is 0.311 e. The van der Waals surface area contributed by atoms with Crippen LogP contribution in [-0.2, 0) is 25.6 Å². The Bertz CT molecular complexity index is 1760. The number of aliphatic hydroxyl groups is 4. The lowest BCUT2D eigenvalue weighted by Crippen LogP contribution is -3.05. The van der Waals surface area contributed by atoms with Crippen molar-refractivity contribution in [1.29, 1.82) is 0 Å². The van der Waals surface area contributed by atoms with Crippen LogP contribution in [-0.4, -0.2) is 109 Å². The Morgan fingerprint density at radius 1 is 1.14 bits per heavy atom. The van der Waals surface area contributed by atoms with Crippen molar-refractivity contribution in [3.63, 3.8) is 0 Å². The van der Waals surface area contributed by atoms with E-state index in [2.05, 4.69) is 11.2 Å². The average Bonchev–Trinajstić information content (AvgIpc) is 3.80. The molecule has 0 aromatic heterocycles. The molecule has 5 aliphatic rings. The number of nitrogens with one attached hydrogen (secondary N) is 1. The van der Waals surface area contributed by atoms with Crippen molar-refractivity contribution in [3.05, 3.63) is 65.0 Å². The second-order valence-corrected chi connectivity index (χ2v) is 12.4. The van der Waals surface area contributed by atoms with Gasteiger partial charge in [-0.15, -0.1) is 0 Å². The number of esters is 1. The van der Waals surface area contributed by atoms with Gasteiger partial charge in [-0.05, 0) is 18.2 Å². The predicted octanol–water partition coefficient (Wildman–Crippen LogP) is -2.20. The summed E-state index contributed by atoms with van der Waals surface area (Å²) in [6.45, 7) is 0.578. The van der Waals surface area contributed by atoms with Crippen LogP contribution in [0.5, 0.6) is 28.7 Å². The number of methoxy groups -OCH3 is 1. The molecule has 266 valence electrons. The van der Waals surface area contributed by atoms with E-state index in [1.54, 1.807) is 24.4 Å². The van der Waals surface area contributed by atoms with Crippen LogP contribution < -0.4 is 33.7 Å². The van der Waals surface area contributed by atoms with Gasteiger partial charge in [0.2, 0.25) is 12.0 Å². The van der Waals surface area contributed by atoms with Crippen LogP contribution in [0, 0.1) is 0 Å². The number of hydrogen-bond acceptors (Lipinski definition) is 15. The molecule has 5 aliphatic heterocycles. The molecular weight excluding hydrogens is 660 g/mol. The van der Waals surface area contributed by atoms with Crippen molar-refractivity contribution < 1.29 is 73.2 Å². The lowest BCUT2D eigenvalue weighted by molar-refractivity contribution is -0.848. The number of benzene rings is 2. The standard InChI is InChI=1S/C34H36N2O14/c1-44-22-3-2-19-20-14-46-23-9-18(48-34-30(43)29(42)28(41)24(49-34)15-47-26(40)10-25(38)39)8-17(12-36-11-16-4-5-35-21(16)13-36)27(23)31(20)50-32(19)33(22)45-7-6-37/h2-5,8-9,11,20,24,28-31,34,37,41-43H,6-7,10,12-15H2,1H3,(H,38,39)/t20-,24+,28+,29-,30+,31-,34-/m0/s1. The normalized spacial score (nSPS) is 28.6. The number of ether oxygens (including phenoxy) is 7. The molecule has 50 heavy (non-hydrogen) atoms. The van der Waals surface area contributed by atoms with Gasteiger partial charge >= 0.3 is 5.97 Å². The highest BCUT2D eigenvalue weighted by atomic mass is 16.7. The third kappa shape index (κ3) is 6.36. The number of hydrogen-bond donors (Lipinski definition) is 5. The first-order valence-corrected chi connectivity index (χ1v) is 16.1. The van der Waals surface area contributed by atoms with Gasteiger partial charge in [-0.1, -0.05) is 6.07 Å². The van der Waals surface area contributed by atoms with Gasteiger partial charge in [-0.25, -0.2) is 0 Å². The van der Waals surface area contributed by atoms with E-state index in [0.717, 1.165) is 32.9 Å². The fourth-order valence-corrected chi connectivity index (χ4v) is 6.85. The minimum atomic E-state index is -1.74. The zero-order chi connectivity index (χ0) is 35.1. The van der Waals surface area contributed by atoms with Gasteiger partial charge in [0.15, 0.2) is 11.5 Å². The number of aliphatic carboxylic acids is 1. The molecule has 1 unspecified atom stereocenters. The number of quaternary nitrogens is 1. The summed E-state index contributed by atoms with van der Waals surface area (Å²) in [6, 6.07) is 7.08. The molecule has 16 nitrogen and oxygen atoms in total. The Labute approximate surface area is 285 Å². The molecule has 1 saturated heterocycles. The number of rotatable bonds is 12. The van der Waals surface area contributed by atoms with E-state index in [0.29, 0.717) is 36.1 Å². The first-order chi connectivity index (χ1) is 24.1. The van der Waals surface area contributed by atoms with E-state index < -0.39 is 61.8 Å². The van der Waals surface area contributed by atoms with Gasteiger partial charge in [-0.2, -0.15) is 0 Å². The predicted molar refractivity (Wildman–Crippen MR) is 166 cm³/mol. The largest absolute Gasteiger partial charge is 0.550 e. The molecule has 0 amide bonds. The molecule has 0 bridgehead atoms. The second-order valence-electron chi connectivity index (χ2n) is 12.4. The van der Waals surface area contributed by atoms with Crippen molar-refractivity contribution >= 4 is 17.7 Å². The summed E-state index contributed by atoms with van der Waals surface area (Å²) >= 11 is 0. The maximum absolute atomic E-state index is 11.8. The Balaban J connectivity index is 1.19. The highest BCUT2D eigenvalue weighted by Crippen LogP contribution is 2.57. The minimum absolute atomic E-state index is 0.0415. The van der Waals surface area contributed by atoms with Crippen LogP contribution in [0.1, 0.15) is 35.1 Å². The van der Waals surface area contributed by atoms with Crippen molar-refractivity contribution in [2.24, 2.45) is 4.99 Å². The summed E-state index contributed by atoms with van der Waals surface area (Å²) in [7, 11) is 1.52. The van der Waals surface area contributed by atoms with Gasteiger partial charge in [0, 0.05) is 29.0 Å². The number of fused-ring (bicyclic) bond motifs is 6. The van der Waals surface area contributed by atoms with Crippen LogP contribution in [0.4, 0.5) is 0 Å². The third-order valence-corrected chi connectivity index (χ3v) is 9.19. The topological polar surface area (TPSA) is 220 Å². The Morgan fingerprint density at radius 2 is 1.98 bits per heavy atom. The maximum atomic E-state index is 11.8. The zero-order valence-electron chi connectivity index (χ0n) is 26.9. The van der Waals surface area contributed by atoms with E-state index in [9.17, 15) is 35.1 Å². The molecular formula is C34H36N2O14. The number of allylic oxidation sites excluding steroid dienone is 1. The fraction of sp³-hybridized carbons (Fsp3) is 0.441. The third-order valence-electron chi connectivity index (χ3n) is 9.19. The number of aliphatic hydroxyl groups excluding tert-OH is 4. The van der Waals surface area contributed by atoms with E-state index in [1.165, 1.54) is 7.11 Å². The van der Waals surface area contributed by atoms with Crippen molar-refractivity contribution in [3.8, 4) is 28.7 Å². The molecule has 1 fully saturated rings. The molecule has 5 heterocycles. The molecule has 0 saturated carbocycles. The van der Waals surface area contributed by atoms with Crippen molar-refractivity contribution in [2.75, 3.05) is 40.1 Å². The molecule has 0 spiro atoms. The van der Waals surface area contributed by atoms with Crippen LogP contribution in [0.3, 0.4) is 0 Å². The van der Waals surface area contributed by atoms with Gasteiger partial charge in [0.1, 0.15) is 80.2 Å². The molecule has 7 rings (SSSR count). The van der Waals surface area contributed by atoms with E-state index in [-0.39, 0.29) is 31.5 Å². The number of nitrogens with zero attached hydrogens (tertiary/aromatic N) is 1. The number of aliphatic imine (C=N–C) groups is 1. The molecule has 0 aliphatic carbocycles. The molecule has 0 radical (unpaired) electrons. The average molecular weight is 697 g/mol. The molecule has 2 aromatic carbocycles. The van der Waals surface area contributed by atoms with Crippen LogP contribution in [0.2, 0.25) is 0 Å². The van der Waals surface area contributed by atoms with E-state index in [1.807, 2.05) is 12.1 Å². The van der Waals surface area contributed by atoms with Crippen LogP contribution in [0.15, 0.2) is 53.3 Å². The summed E-state index contributed by atoms with van der Waals surface area (Å²) in [5, 5.41) is 52.0. The Kier molecular flexibility index (Phi) is 9.38. The Morgan fingerprint density at radius 3 is 2.74 bits per heavy atom. The highest BCUT2D eigenvalue weighted by Gasteiger charge is 2.47. The van der Waals surface area contributed by atoms with Crippen LogP contribution >= 0.6 is 0 Å². The summed E-state index contributed by atoms with van der Waals surface area (Å²) in [4.78, 5) is 28.0. The molecule has 2 aromatic rings. The second kappa shape index (κ2) is 13.9. The summed E-state index contributed by atoms with van der Waals surface area (Å²) < 4.78 is 41.0. The highest BCUT2D eigenvalue weighted by molar-refractivity contribution is 6.06. The number of carbonyl (C=O) groups excluding carboxylic acids is 2. The smallest absolute Gasteiger partial charge is 0.311 e. The van der Waals surface area contributed by atoms with E-state index >= 15 is 0 Å². The summed E-state index contributed by atoms with van der Waals surface area (Å²) in [5.41, 5.74) is 4.43. The van der Waals surface area contributed by atoms with Gasteiger partial charge in [0.25, 0.3) is 0 Å². The lowest BCUT2D eigenvalue weighted by Gasteiger charge is -2.40. The van der Waals surface area contributed by atoms with Crippen LogP contribution in [0.25, 0.3) is 0 Å². The van der Waals surface area contributed by atoms with Crippen molar-refractivity contribution in [1.82, 2.24) is 0 Å². The summed E-state index contributed by atoms with van der Waals surface area (Å²) in [5.74, 6) is -0.963. The monoisotopic (exact) mass is 696 g/mol.